The Morgan fingerprint density at radius 3 is 2.39 bits per heavy atom. The van der Waals surface area contributed by atoms with Crippen molar-refractivity contribution in [3.63, 3.8) is 0 Å². The van der Waals surface area contributed by atoms with Crippen molar-refractivity contribution in [2.75, 3.05) is 13.1 Å². The first kappa shape index (κ1) is 18.2. The van der Waals surface area contributed by atoms with E-state index in [1.165, 1.54) is 22.5 Å². The van der Waals surface area contributed by atoms with Crippen molar-refractivity contribution in [2.24, 2.45) is 5.92 Å². The summed E-state index contributed by atoms with van der Waals surface area (Å²) < 4.78 is 26.7. The van der Waals surface area contributed by atoms with Gasteiger partial charge < -0.3 is 5.32 Å². The lowest BCUT2D eigenvalue weighted by atomic mass is 10.1. The van der Waals surface area contributed by atoms with E-state index in [1.807, 2.05) is 20.8 Å². The molecule has 1 aromatic rings. The van der Waals surface area contributed by atoms with Crippen molar-refractivity contribution in [2.45, 2.75) is 44.6 Å². The first-order valence-electron chi connectivity index (χ1n) is 7.84. The number of benzene rings is 1. The van der Waals surface area contributed by atoms with Gasteiger partial charge in [-0.05, 0) is 43.9 Å². The van der Waals surface area contributed by atoms with E-state index in [9.17, 15) is 13.2 Å². The van der Waals surface area contributed by atoms with Gasteiger partial charge in [0.15, 0.2) is 0 Å². The molecule has 1 amide bonds. The smallest absolute Gasteiger partial charge is 0.253 e. The van der Waals surface area contributed by atoms with Gasteiger partial charge in [0, 0.05) is 19.1 Å². The summed E-state index contributed by atoms with van der Waals surface area (Å²) in [6, 6.07) is 4.27. The summed E-state index contributed by atoms with van der Waals surface area (Å²) in [4.78, 5) is 12.5. The molecule has 1 unspecified atom stereocenters. The quantitative estimate of drug-likeness (QED) is 0.880. The minimum Gasteiger partial charge on any atom is -0.349 e. The van der Waals surface area contributed by atoms with Gasteiger partial charge in [-0.25, -0.2) is 8.42 Å². The first-order chi connectivity index (χ1) is 10.7. The van der Waals surface area contributed by atoms with Gasteiger partial charge in [-0.2, -0.15) is 4.31 Å². The molecule has 1 atom stereocenters. The van der Waals surface area contributed by atoms with Gasteiger partial charge >= 0.3 is 0 Å². The summed E-state index contributed by atoms with van der Waals surface area (Å²) >= 11 is 6.09. The molecule has 1 N–H and O–H groups in total. The van der Waals surface area contributed by atoms with Gasteiger partial charge in [-0.3, -0.25) is 4.79 Å². The van der Waals surface area contributed by atoms with Crippen LogP contribution in [0.4, 0.5) is 0 Å². The Kier molecular flexibility index (Phi) is 5.70. The molecule has 0 spiro atoms. The van der Waals surface area contributed by atoms with Crippen LogP contribution in [0.15, 0.2) is 23.1 Å². The Morgan fingerprint density at radius 1 is 1.22 bits per heavy atom. The molecule has 7 heteroatoms. The number of halogens is 1. The topological polar surface area (TPSA) is 66.5 Å². The number of hydrogen-bond acceptors (Lipinski definition) is 3. The van der Waals surface area contributed by atoms with Crippen molar-refractivity contribution < 1.29 is 13.2 Å². The number of sulfonamides is 1. The van der Waals surface area contributed by atoms with E-state index >= 15 is 0 Å². The van der Waals surface area contributed by atoms with Gasteiger partial charge in [0.2, 0.25) is 10.0 Å². The second kappa shape index (κ2) is 7.20. The van der Waals surface area contributed by atoms with E-state index in [0.29, 0.717) is 13.1 Å². The van der Waals surface area contributed by atoms with Crippen molar-refractivity contribution in [1.82, 2.24) is 9.62 Å². The van der Waals surface area contributed by atoms with E-state index in [1.54, 1.807) is 0 Å². The molecule has 0 saturated carbocycles. The van der Waals surface area contributed by atoms with Crippen LogP contribution in [0.25, 0.3) is 0 Å². The average Bonchev–Trinajstić information content (AvgIpc) is 3.02. The number of carbonyl (C=O) groups is 1. The Hall–Kier alpha value is -1.11. The summed E-state index contributed by atoms with van der Waals surface area (Å²) in [6.07, 6.45) is 1.73. The molecule has 1 aliphatic heterocycles. The van der Waals surface area contributed by atoms with E-state index in [0.717, 1.165) is 12.8 Å². The zero-order chi connectivity index (χ0) is 17.2. The molecule has 0 bridgehead atoms. The van der Waals surface area contributed by atoms with Crippen molar-refractivity contribution in [3.05, 3.63) is 28.8 Å². The third-order valence-corrected chi connectivity index (χ3v) is 6.47. The highest BCUT2D eigenvalue weighted by Crippen LogP contribution is 2.25. The normalized spacial score (nSPS) is 17.4. The number of hydrogen-bond donors (Lipinski definition) is 1. The maximum absolute atomic E-state index is 12.6. The maximum atomic E-state index is 12.6. The van der Waals surface area contributed by atoms with E-state index in [2.05, 4.69) is 5.32 Å². The molecule has 1 aromatic carbocycles. The van der Waals surface area contributed by atoms with Crippen LogP contribution in [-0.2, 0) is 10.0 Å². The molecule has 1 fully saturated rings. The maximum Gasteiger partial charge on any atom is 0.253 e. The molecular formula is C16H23ClN2O3S. The van der Waals surface area contributed by atoms with E-state index in [4.69, 9.17) is 11.6 Å². The van der Waals surface area contributed by atoms with Gasteiger partial charge in [0.05, 0.1) is 15.5 Å². The van der Waals surface area contributed by atoms with Crippen LogP contribution in [0.3, 0.4) is 0 Å². The standard InChI is InChI=1S/C16H23ClN2O3S/c1-11(2)12(3)18-16(20)14-10-13(6-7-15(14)17)23(21,22)19-8-4-5-9-19/h6-7,10-12H,4-5,8-9H2,1-3H3,(H,18,20). The zero-order valence-electron chi connectivity index (χ0n) is 13.7. The Labute approximate surface area is 143 Å². The third kappa shape index (κ3) is 4.05. The largest absolute Gasteiger partial charge is 0.349 e. The summed E-state index contributed by atoms with van der Waals surface area (Å²) in [6.45, 7) is 6.96. The van der Waals surface area contributed by atoms with Crippen molar-refractivity contribution in [1.29, 1.82) is 0 Å². The van der Waals surface area contributed by atoms with Crippen LogP contribution in [-0.4, -0.2) is 37.8 Å². The van der Waals surface area contributed by atoms with Gasteiger partial charge in [-0.15, -0.1) is 0 Å². The van der Waals surface area contributed by atoms with Crippen LogP contribution < -0.4 is 5.32 Å². The number of rotatable bonds is 5. The van der Waals surface area contributed by atoms with Crippen molar-refractivity contribution in [3.8, 4) is 0 Å². The average molecular weight is 359 g/mol. The lowest BCUT2D eigenvalue weighted by molar-refractivity contribution is 0.0930. The molecule has 0 radical (unpaired) electrons. The predicted molar refractivity (Wildman–Crippen MR) is 91.2 cm³/mol. The molecular weight excluding hydrogens is 336 g/mol. The fourth-order valence-electron chi connectivity index (χ4n) is 2.37. The zero-order valence-corrected chi connectivity index (χ0v) is 15.2. The fraction of sp³-hybridized carbons (Fsp3) is 0.562. The summed E-state index contributed by atoms with van der Waals surface area (Å²) in [5, 5.41) is 3.10. The second-order valence-corrected chi connectivity index (χ2v) is 8.60. The Morgan fingerprint density at radius 2 is 1.83 bits per heavy atom. The lowest BCUT2D eigenvalue weighted by Gasteiger charge is -2.19. The minimum absolute atomic E-state index is 0.0302. The predicted octanol–water partition coefficient (Wildman–Crippen LogP) is 2.90. The lowest BCUT2D eigenvalue weighted by Crippen LogP contribution is -2.36. The van der Waals surface area contributed by atoms with Crippen LogP contribution in [0, 0.1) is 5.92 Å². The number of carbonyl (C=O) groups excluding carboxylic acids is 1. The van der Waals surface area contributed by atoms with Crippen LogP contribution in [0.5, 0.6) is 0 Å². The molecule has 2 rings (SSSR count). The highest BCUT2D eigenvalue weighted by molar-refractivity contribution is 7.89. The minimum atomic E-state index is -3.56. The first-order valence-corrected chi connectivity index (χ1v) is 9.66. The monoisotopic (exact) mass is 358 g/mol. The Bertz CT molecular complexity index is 683. The number of amides is 1. The summed E-state index contributed by atoms with van der Waals surface area (Å²) in [7, 11) is -3.56. The molecule has 0 aromatic heterocycles. The molecule has 1 heterocycles. The van der Waals surface area contributed by atoms with Crippen LogP contribution in [0.2, 0.25) is 5.02 Å². The highest BCUT2D eigenvalue weighted by atomic mass is 35.5. The molecule has 23 heavy (non-hydrogen) atoms. The number of nitrogens with one attached hydrogen (secondary N) is 1. The molecule has 1 saturated heterocycles. The van der Waals surface area contributed by atoms with Crippen LogP contribution >= 0.6 is 11.6 Å². The summed E-state index contributed by atoms with van der Waals surface area (Å²) in [5.41, 5.74) is 0.194. The van der Waals surface area contributed by atoms with E-state index < -0.39 is 10.0 Å². The molecule has 5 nitrogen and oxygen atoms in total. The van der Waals surface area contributed by atoms with Gasteiger partial charge in [0.1, 0.15) is 0 Å². The van der Waals surface area contributed by atoms with Gasteiger partial charge in [-0.1, -0.05) is 25.4 Å². The summed E-state index contributed by atoms with van der Waals surface area (Å²) in [5.74, 6) is -0.0797. The fourth-order valence-corrected chi connectivity index (χ4v) is 4.11. The molecule has 0 aliphatic carbocycles. The highest BCUT2D eigenvalue weighted by Gasteiger charge is 2.28. The van der Waals surface area contributed by atoms with Crippen molar-refractivity contribution >= 4 is 27.5 Å². The molecule has 128 valence electrons. The Balaban J connectivity index is 2.30. The van der Waals surface area contributed by atoms with Gasteiger partial charge in [0.25, 0.3) is 5.91 Å². The SMILES string of the molecule is CC(C)C(C)NC(=O)c1cc(S(=O)(=O)N2CCCC2)ccc1Cl. The third-order valence-electron chi connectivity index (χ3n) is 4.24. The second-order valence-electron chi connectivity index (χ2n) is 6.26. The molecule has 1 aliphatic rings. The number of nitrogens with zero attached hydrogens (tertiary/aromatic N) is 1. The van der Waals surface area contributed by atoms with Crippen LogP contribution in [0.1, 0.15) is 44.0 Å². The van der Waals surface area contributed by atoms with E-state index in [-0.39, 0.29) is 33.3 Å².